The van der Waals surface area contributed by atoms with Gasteiger partial charge in [0.1, 0.15) is 5.73 Å². The van der Waals surface area contributed by atoms with Crippen molar-refractivity contribution in [1.82, 2.24) is 5.32 Å². The second-order valence-corrected chi connectivity index (χ2v) is 5.86. The van der Waals surface area contributed by atoms with E-state index < -0.39 is 8.80 Å². The summed E-state index contributed by atoms with van der Waals surface area (Å²) in [6.45, 7) is 2.27. The minimum absolute atomic E-state index is 0.0961. The van der Waals surface area contributed by atoms with Crippen LogP contribution < -0.4 is 5.32 Å². The van der Waals surface area contributed by atoms with Gasteiger partial charge < -0.3 is 23.3 Å². The van der Waals surface area contributed by atoms with Gasteiger partial charge in [-0.3, -0.25) is 0 Å². The molecule has 1 unspecified atom stereocenters. The van der Waals surface area contributed by atoms with E-state index in [2.05, 4.69) is 5.32 Å². The topological polar surface area (TPSA) is 49.0 Å². The van der Waals surface area contributed by atoms with Crippen LogP contribution >= 0.6 is 0 Å². The molecule has 13 heavy (non-hydrogen) atoms. The standard InChI is InChI=1S/C7H17NO4Si/c1-9-13(10-2,11-3)7-6-8-4-5-12-7/h7-8H,4-6H2,1-3H3. The third-order valence-corrected chi connectivity index (χ3v) is 5.04. The van der Waals surface area contributed by atoms with E-state index in [1.807, 2.05) is 0 Å². The summed E-state index contributed by atoms with van der Waals surface area (Å²) in [6, 6.07) is 0. The van der Waals surface area contributed by atoms with E-state index in [0.717, 1.165) is 13.1 Å². The maximum atomic E-state index is 5.54. The van der Waals surface area contributed by atoms with Crippen molar-refractivity contribution in [3.05, 3.63) is 0 Å². The van der Waals surface area contributed by atoms with Crippen LogP contribution in [0.25, 0.3) is 0 Å². The van der Waals surface area contributed by atoms with E-state index in [0.29, 0.717) is 6.61 Å². The first-order valence-corrected chi connectivity index (χ1v) is 6.07. The Morgan fingerprint density at radius 1 is 1.23 bits per heavy atom. The SMILES string of the molecule is CO[Si](OC)(OC)C1CNCCO1. The van der Waals surface area contributed by atoms with Crippen LogP contribution in [0.15, 0.2) is 0 Å². The summed E-state index contributed by atoms with van der Waals surface area (Å²) in [7, 11) is 2.18. The molecule has 78 valence electrons. The van der Waals surface area contributed by atoms with E-state index in [9.17, 15) is 0 Å². The quantitative estimate of drug-likeness (QED) is 0.623. The van der Waals surface area contributed by atoms with Crippen LogP contribution in [-0.4, -0.2) is 55.6 Å². The number of rotatable bonds is 4. The molecule has 0 aromatic rings. The largest absolute Gasteiger partial charge is 0.532 e. The van der Waals surface area contributed by atoms with Crippen molar-refractivity contribution >= 4 is 8.80 Å². The zero-order chi connectivity index (χ0) is 9.73. The molecular weight excluding hydrogens is 190 g/mol. The second-order valence-electron chi connectivity index (χ2n) is 2.78. The monoisotopic (exact) mass is 207 g/mol. The molecule has 1 aliphatic heterocycles. The molecule has 1 heterocycles. The van der Waals surface area contributed by atoms with E-state index >= 15 is 0 Å². The van der Waals surface area contributed by atoms with Crippen LogP contribution in [0.5, 0.6) is 0 Å². The number of hydrogen-bond acceptors (Lipinski definition) is 5. The minimum atomic E-state index is -2.60. The smallest absolute Gasteiger partial charge is 0.375 e. The van der Waals surface area contributed by atoms with Gasteiger partial charge in [-0.05, 0) is 0 Å². The van der Waals surface area contributed by atoms with Crippen LogP contribution in [0.1, 0.15) is 0 Å². The Morgan fingerprint density at radius 3 is 2.23 bits per heavy atom. The molecule has 0 saturated carbocycles. The lowest BCUT2D eigenvalue weighted by molar-refractivity contribution is -0.00122. The van der Waals surface area contributed by atoms with Crippen molar-refractivity contribution in [3.63, 3.8) is 0 Å². The zero-order valence-electron chi connectivity index (χ0n) is 8.33. The van der Waals surface area contributed by atoms with Crippen molar-refractivity contribution in [3.8, 4) is 0 Å². The molecular formula is C7H17NO4Si. The summed E-state index contributed by atoms with van der Waals surface area (Å²) in [6.07, 6.45) is 0. The van der Waals surface area contributed by atoms with E-state index in [4.69, 9.17) is 18.0 Å². The Labute approximate surface area is 79.7 Å². The number of nitrogens with one attached hydrogen (secondary N) is 1. The molecule has 1 saturated heterocycles. The fraction of sp³-hybridized carbons (Fsp3) is 1.00. The average molecular weight is 207 g/mol. The first kappa shape index (κ1) is 11.1. The normalized spacial score (nSPS) is 24.7. The summed E-state index contributed by atoms with van der Waals surface area (Å²) >= 11 is 0. The number of hydrogen-bond donors (Lipinski definition) is 1. The second kappa shape index (κ2) is 5.04. The van der Waals surface area contributed by atoms with Gasteiger partial charge in [-0.15, -0.1) is 0 Å². The summed E-state index contributed by atoms with van der Waals surface area (Å²) in [5.74, 6) is 0. The van der Waals surface area contributed by atoms with E-state index in [1.165, 1.54) is 0 Å². The molecule has 0 aromatic heterocycles. The molecule has 0 aliphatic carbocycles. The van der Waals surface area contributed by atoms with Crippen molar-refractivity contribution < 1.29 is 18.0 Å². The lowest BCUT2D eigenvalue weighted by atomic mass is 10.5. The van der Waals surface area contributed by atoms with Gasteiger partial charge in [-0.25, -0.2) is 0 Å². The fourth-order valence-electron chi connectivity index (χ4n) is 1.44. The summed E-state index contributed by atoms with van der Waals surface area (Å²) in [5.41, 5.74) is -0.0961. The molecule has 5 nitrogen and oxygen atoms in total. The fourth-order valence-corrected chi connectivity index (χ4v) is 3.44. The average Bonchev–Trinajstić information content (AvgIpc) is 2.23. The van der Waals surface area contributed by atoms with Gasteiger partial charge in [-0.2, -0.15) is 0 Å². The molecule has 0 radical (unpaired) electrons. The van der Waals surface area contributed by atoms with E-state index in [1.54, 1.807) is 21.3 Å². The molecule has 6 heteroatoms. The van der Waals surface area contributed by atoms with Gasteiger partial charge in [0, 0.05) is 34.4 Å². The third-order valence-electron chi connectivity index (χ3n) is 2.18. The summed E-state index contributed by atoms with van der Waals surface area (Å²) < 4.78 is 21.5. The van der Waals surface area contributed by atoms with Gasteiger partial charge in [0.15, 0.2) is 0 Å². The van der Waals surface area contributed by atoms with Gasteiger partial charge in [0.2, 0.25) is 0 Å². The molecule has 0 amide bonds. The lowest BCUT2D eigenvalue weighted by Gasteiger charge is -2.34. The first-order valence-electron chi connectivity index (χ1n) is 4.27. The van der Waals surface area contributed by atoms with E-state index in [-0.39, 0.29) is 5.73 Å². The van der Waals surface area contributed by atoms with Gasteiger partial charge in [0.05, 0.1) is 6.61 Å². The molecule has 1 aliphatic rings. The van der Waals surface area contributed by atoms with Crippen LogP contribution in [0.2, 0.25) is 0 Å². The van der Waals surface area contributed by atoms with Crippen LogP contribution in [0.3, 0.4) is 0 Å². The molecule has 1 rings (SSSR count). The molecule has 0 spiro atoms. The van der Waals surface area contributed by atoms with Crippen LogP contribution in [0.4, 0.5) is 0 Å². The number of ether oxygens (including phenoxy) is 1. The number of morpholine rings is 1. The predicted molar refractivity (Wildman–Crippen MR) is 49.4 cm³/mol. The Kier molecular flexibility index (Phi) is 4.30. The molecule has 1 N–H and O–H groups in total. The Hall–Kier alpha value is 0.0169. The molecule has 1 fully saturated rings. The minimum Gasteiger partial charge on any atom is -0.375 e. The Bertz CT molecular complexity index is 139. The van der Waals surface area contributed by atoms with Crippen molar-refractivity contribution in [2.24, 2.45) is 0 Å². The highest BCUT2D eigenvalue weighted by Gasteiger charge is 2.49. The predicted octanol–water partition coefficient (Wildman–Crippen LogP) is -0.608. The first-order chi connectivity index (χ1) is 6.29. The third kappa shape index (κ3) is 2.28. The zero-order valence-corrected chi connectivity index (χ0v) is 9.33. The van der Waals surface area contributed by atoms with Crippen LogP contribution in [0, 0.1) is 0 Å². The maximum absolute atomic E-state index is 5.54. The molecule has 0 aromatic carbocycles. The van der Waals surface area contributed by atoms with Crippen LogP contribution in [-0.2, 0) is 18.0 Å². The van der Waals surface area contributed by atoms with Crippen molar-refractivity contribution in [2.45, 2.75) is 5.73 Å². The van der Waals surface area contributed by atoms with Gasteiger partial charge >= 0.3 is 8.80 Å². The van der Waals surface area contributed by atoms with Gasteiger partial charge in [-0.1, -0.05) is 0 Å². The highest BCUT2D eigenvalue weighted by Crippen LogP contribution is 2.15. The highest BCUT2D eigenvalue weighted by molar-refractivity contribution is 6.62. The van der Waals surface area contributed by atoms with Gasteiger partial charge in [0.25, 0.3) is 0 Å². The molecule has 0 bridgehead atoms. The highest BCUT2D eigenvalue weighted by atomic mass is 28.4. The van der Waals surface area contributed by atoms with Crippen molar-refractivity contribution in [2.75, 3.05) is 41.0 Å². The Morgan fingerprint density at radius 2 is 1.85 bits per heavy atom. The lowest BCUT2D eigenvalue weighted by Crippen LogP contribution is -2.61. The summed E-state index contributed by atoms with van der Waals surface area (Å²) in [5, 5.41) is 3.21. The van der Waals surface area contributed by atoms with Crippen molar-refractivity contribution in [1.29, 1.82) is 0 Å². The summed E-state index contributed by atoms with van der Waals surface area (Å²) in [4.78, 5) is 0. The Balaban J connectivity index is 2.60. The maximum Gasteiger partial charge on any atom is 0.532 e. The molecule has 1 atom stereocenters.